The number of carbonyl (C=O) groups is 1. The highest BCUT2D eigenvalue weighted by atomic mass is 19.1. The maximum absolute atomic E-state index is 13.7. The highest BCUT2D eigenvalue weighted by Gasteiger charge is 2.11. The van der Waals surface area contributed by atoms with Crippen LogP contribution in [0, 0.1) is 5.82 Å². The predicted molar refractivity (Wildman–Crippen MR) is 62.6 cm³/mol. The molecule has 0 aliphatic rings. The van der Waals surface area contributed by atoms with Crippen molar-refractivity contribution in [2.75, 3.05) is 12.4 Å². The number of H-pyrrole nitrogens is 1. The summed E-state index contributed by atoms with van der Waals surface area (Å²) < 4.78 is 18.6. The van der Waals surface area contributed by atoms with Crippen molar-refractivity contribution >= 4 is 11.9 Å². The monoisotopic (exact) mass is 250 g/mol. The van der Waals surface area contributed by atoms with Crippen molar-refractivity contribution in [1.29, 1.82) is 0 Å². The van der Waals surface area contributed by atoms with Crippen molar-refractivity contribution in [2.24, 2.45) is 0 Å². The number of halogens is 1. The van der Waals surface area contributed by atoms with Gasteiger partial charge in [-0.15, -0.1) is 10.2 Å². The number of hydrogen-bond donors (Lipinski definition) is 2. The SMILES string of the molecule is COc1ccc(-c2nnc(NC(C)=O)[nH]2)c(F)c1. The van der Waals surface area contributed by atoms with Gasteiger partial charge in [0.15, 0.2) is 5.82 Å². The quantitative estimate of drug-likeness (QED) is 0.866. The average Bonchev–Trinajstić information content (AvgIpc) is 2.76. The Balaban J connectivity index is 2.31. The molecule has 0 aliphatic heterocycles. The normalized spacial score (nSPS) is 10.2. The Morgan fingerprint density at radius 3 is 2.83 bits per heavy atom. The largest absolute Gasteiger partial charge is 0.497 e. The Bertz CT molecular complexity index is 582. The van der Waals surface area contributed by atoms with E-state index < -0.39 is 5.82 Å². The van der Waals surface area contributed by atoms with Gasteiger partial charge < -0.3 is 9.72 Å². The molecule has 0 radical (unpaired) electrons. The Kier molecular flexibility index (Phi) is 3.22. The number of anilines is 1. The molecule has 1 aromatic heterocycles. The molecule has 1 heterocycles. The van der Waals surface area contributed by atoms with E-state index in [4.69, 9.17) is 4.74 Å². The van der Waals surface area contributed by atoms with Crippen LogP contribution in [0.3, 0.4) is 0 Å². The van der Waals surface area contributed by atoms with E-state index in [0.717, 1.165) is 0 Å². The number of hydrogen-bond acceptors (Lipinski definition) is 4. The van der Waals surface area contributed by atoms with Crippen LogP contribution in [0.15, 0.2) is 18.2 Å². The number of aromatic nitrogens is 3. The first kappa shape index (κ1) is 12.0. The van der Waals surface area contributed by atoms with Crippen LogP contribution in [0.2, 0.25) is 0 Å². The summed E-state index contributed by atoms with van der Waals surface area (Å²) >= 11 is 0. The number of nitrogens with zero attached hydrogens (tertiary/aromatic N) is 2. The fourth-order valence-electron chi connectivity index (χ4n) is 1.42. The molecule has 2 N–H and O–H groups in total. The molecular weight excluding hydrogens is 239 g/mol. The third kappa shape index (κ3) is 2.45. The third-order valence-electron chi connectivity index (χ3n) is 2.21. The first-order chi connectivity index (χ1) is 8.60. The lowest BCUT2D eigenvalue weighted by molar-refractivity contribution is -0.114. The Labute approximate surface area is 102 Å². The molecule has 1 aromatic carbocycles. The minimum atomic E-state index is -0.486. The summed E-state index contributed by atoms with van der Waals surface area (Å²) in [6.45, 7) is 1.34. The van der Waals surface area contributed by atoms with Crippen LogP contribution in [0.5, 0.6) is 5.75 Å². The molecule has 7 heteroatoms. The van der Waals surface area contributed by atoms with Crippen LogP contribution in [-0.4, -0.2) is 28.2 Å². The molecule has 0 bridgehead atoms. The summed E-state index contributed by atoms with van der Waals surface area (Å²) in [5.41, 5.74) is 0.250. The standard InChI is InChI=1S/C11H11FN4O2/c1-6(17)13-11-14-10(15-16-11)8-4-3-7(18-2)5-9(8)12/h3-5H,1-2H3,(H2,13,14,15,16,17). The van der Waals surface area contributed by atoms with E-state index in [1.807, 2.05) is 0 Å². The zero-order valence-corrected chi connectivity index (χ0v) is 9.82. The van der Waals surface area contributed by atoms with E-state index in [1.165, 1.54) is 26.2 Å². The molecule has 0 saturated heterocycles. The maximum Gasteiger partial charge on any atom is 0.228 e. The maximum atomic E-state index is 13.7. The Morgan fingerprint density at radius 2 is 2.22 bits per heavy atom. The van der Waals surface area contributed by atoms with E-state index >= 15 is 0 Å². The molecule has 18 heavy (non-hydrogen) atoms. The molecule has 1 amide bonds. The summed E-state index contributed by atoms with van der Waals surface area (Å²) in [7, 11) is 1.46. The highest BCUT2D eigenvalue weighted by Crippen LogP contribution is 2.23. The van der Waals surface area contributed by atoms with Gasteiger partial charge in [0, 0.05) is 13.0 Å². The van der Waals surface area contributed by atoms with Crippen molar-refractivity contribution in [2.45, 2.75) is 6.92 Å². The highest BCUT2D eigenvalue weighted by molar-refractivity contribution is 5.86. The lowest BCUT2D eigenvalue weighted by Gasteiger charge is -2.02. The van der Waals surface area contributed by atoms with Crippen molar-refractivity contribution < 1.29 is 13.9 Å². The topological polar surface area (TPSA) is 79.9 Å². The molecule has 0 spiro atoms. The lowest BCUT2D eigenvalue weighted by atomic mass is 10.2. The van der Waals surface area contributed by atoms with Gasteiger partial charge in [-0.05, 0) is 12.1 Å². The summed E-state index contributed by atoms with van der Waals surface area (Å²) in [6.07, 6.45) is 0. The number of ether oxygens (including phenoxy) is 1. The van der Waals surface area contributed by atoms with Gasteiger partial charge in [-0.2, -0.15) is 0 Å². The van der Waals surface area contributed by atoms with Crippen molar-refractivity contribution in [1.82, 2.24) is 15.2 Å². The van der Waals surface area contributed by atoms with E-state index in [1.54, 1.807) is 6.07 Å². The van der Waals surface area contributed by atoms with E-state index in [9.17, 15) is 9.18 Å². The minimum Gasteiger partial charge on any atom is -0.497 e. The minimum absolute atomic E-state index is 0.174. The predicted octanol–water partition coefficient (Wildman–Crippen LogP) is 1.58. The van der Waals surface area contributed by atoms with Crippen molar-refractivity contribution in [3.63, 3.8) is 0 Å². The molecule has 0 atom stereocenters. The van der Waals surface area contributed by atoms with E-state index in [2.05, 4.69) is 20.5 Å². The van der Waals surface area contributed by atoms with E-state index in [0.29, 0.717) is 5.75 Å². The Morgan fingerprint density at radius 1 is 1.44 bits per heavy atom. The molecule has 94 valence electrons. The second-order valence-corrected chi connectivity index (χ2v) is 3.55. The van der Waals surface area contributed by atoms with Crippen LogP contribution in [0.1, 0.15) is 6.92 Å². The van der Waals surface area contributed by atoms with Crippen LogP contribution >= 0.6 is 0 Å². The molecule has 0 aliphatic carbocycles. The number of aromatic amines is 1. The third-order valence-corrected chi connectivity index (χ3v) is 2.21. The second-order valence-electron chi connectivity index (χ2n) is 3.55. The van der Waals surface area contributed by atoms with Gasteiger partial charge in [-0.3, -0.25) is 10.1 Å². The fraction of sp³-hybridized carbons (Fsp3) is 0.182. The number of benzene rings is 1. The average molecular weight is 250 g/mol. The number of carbonyl (C=O) groups excluding carboxylic acids is 1. The van der Waals surface area contributed by atoms with Gasteiger partial charge in [-0.1, -0.05) is 0 Å². The summed E-state index contributed by atoms with van der Waals surface area (Å²) in [5.74, 6) is 0.0530. The van der Waals surface area contributed by atoms with Gasteiger partial charge in [0.1, 0.15) is 11.6 Å². The number of nitrogens with one attached hydrogen (secondary N) is 2. The van der Waals surface area contributed by atoms with Crippen LogP contribution in [-0.2, 0) is 4.79 Å². The van der Waals surface area contributed by atoms with Crippen LogP contribution in [0.25, 0.3) is 11.4 Å². The zero-order valence-electron chi connectivity index (χ0n) is 9.82. The van der Waals surface area contributed by atoms with Crippen LogP contribution in [0.4, 0.5) is 10.3 Å². The Hall–Kier alpha value is -2.44. The van der Waals surface area contributed by atoms with Crippen molar-refractivity contribution in [3.8, 4) is 17.1 Å². The molecule has 0 saturated carbocycles. The molecule has 2 rings (SSSR count). The van der Waals surface area contributed by atoms with Gasteiger partial charge >= 0.3 is 0 Å². The summed E-state index contributed by atoms with van der Waals surface area (Å²) in [5, 5.41) is 9.86. The van der Waals surface area contributed by atoms with E-state index in [-0.39, 0.29) is 23.2 Å². The molecule has 6 nitrogen and oxygen atoms in total. The van der Waals surface area contributed by atoms with Gasteiger partial charge in [-0.25, -0.2) is 4.39 Å². The smallest absolute Gasteiger partial charge is 0.228 e. The molecule has 0 unspecified atom stereocenters. The number of rotatable bonds is 3. The lowest BCUT2D eigenvalue weighted by Crippen LogP contribution is -2.06. The fourth-order valence-corrected chi connectivity index (χ4v) is 1.42. The number of amides is 1. The zero-order chi connectivity index (χ0) is 13.1. The second kappa shape index (κ2) is 4.82. The van der Waals surface area contributed by atoms with Gasteiger partial charge in [0.05, 0.1) is 12.7 Å². The van der Waals surface area contributed by atoms with Gasteiger partial charge in [0.25, 0.3) is 0 Å². The summed E-state index contributed by atoms with van der Waals surface area (Å²) in [4.78, 5) is 13.5. The first-order valence-corrected chi connectivity index (χ1v) is 5.14. The molecule has 0 fully saturated rings. The van der Waals surface area contributed by atoms with Crippen LogP contribution < -0.4 is 10.1 Å². The number of methoxy groups -OCH3 is 1. The first-order valence-electron chi connectivity index (χ1n) is 5.14. The van der Waals surface area contributed by atoms with Gasteiger partial charge in [0.2, 0.25) is 11.9 Å². The summed E-state index contributed by atoms with van der Waals surface area (Å²) in [6, 6.07) is 4.38. The molecular formula is C11H11FN4O2. The molecule has 2 aromatic rings. The van der Waals surface area contributed by atoms with Crippen molar-refractivity contribution in [3.05, 3.63) is 24.0 Å².